The summed E-state index contributed by atoms with van der Waals surface area (Å²) in [6.45, 7) is 3.96. The second kappa shape index (κ2) is 6.93. The molecule has 0 bridgehead atoms. The van der Waals surface area contributed by atoms with Crippen LogP contribution >= 0.6 is 0 Å². The van der Waals surface area contributed by atoms with Crippen LogP contribution in [0.25, 0.3) is 0 Å². The number of aliphatic imine (C=N–C) groups is 1. The molecule has 2 N–H and O–H groups in total. The predicted molar refractivity (Wildman–Crippen MR) is 82.2 cm³/mol. The van der Waals surface area contributed by atoms with E-state index in [2.05, 4.69) is 28.6 Å². The molecule has 5 nitrogen and oxygen atoms in total. The summed E-state index contributed by atoms with van der Waals surface area (Å²) in [6.07, 6.45) is 1.96. The van der Waals surface area contributed by atoms with Crippen molar-refractivity contribution in [2.45, 2.75) is 19.8 Å². The molecule has 1 aliphatic rings. The first-order valence-corrected chi connectivity index (χ1v) is 7.09. The number of amides is 1. The number of nitrogens with zero attached hydrogens (tertiary/aromatic N) is 2. The fraction of sp³-hybridized carbons (Fsp3) is 0.467. The van der Waals surface area contributed by atoms with Crippen molar-refractivity contribution in [3.05, 3.63) is 29.8 Å². The van der Waals surface area contributed by atoms with E-state index in [0.29, 0.717) is 5.96 Å². The van der Waals surface area contributed by atoms with Crippen LogP contribution in [0.15, 0.2) is 29.3 Å². The lowest BCUT2D eigenvalue weighted by Crippen LogP contribution is -2.44. The highest BCUT2D eigenvalue weighted by atomic mass is 16.2. The van der Waals surface area contributed by atoms with Crippen LogP contribution < -0.4 is 15.5 Å². The van der Waals surface area contributed by atoms with Crippen LogP contribution in [0.1, 0.15) is 18.9 Å². The van der Waals surface area contributed by atoms with Crippen LogP contribution in [-0.2, 0) is 11.2 Å². The van der Waals surface area contributed by atoms with Crippen LogP contribution in [0, 0.1) is 0 Å². The van der Waals surface area contributed by atoms with Crippen molar-refractivity contribution in [3.8, 4) is 0 Å². The molecule has 108 valence electrons. The number of hydrogen-bond acceptors (Lipinski definition) is 2. The van der Waals surface area contributed by atoms with Gasteiger partial charge in [0.25, 0.3) is 0 Å². The number of anilines is 1. The molecule has 1 aliphatic heterocycles. The van der Waals surface area contributed by atoms with Crippen molar-refractivity contribution < 1.29 is 4.79 Å². The molecule has 1 heterocycles. The van der Waals surface area contributed by atoms with E-state index in [4.69, 9.17) is 0 Å². The Morgan fingerprint density at radius 3 is 2.90 bits per heavy atom. The molecule has 0 fully saturated rings. The molecule has 0 aliphatic carbocycles. The Hall–Kier alpha value is -2.04. The third-order valence-electron chi connectivity index (χ3n) is 3.36. The zero-order chi connectivity index (χ0) is 14.4. The summed E-state index contributed by atoms with van der Waals surface area (Å²) in [6, 6.07) is 8.07. The predicted octanol–water partition coefficient (Wildman–Crippen LogP) is 1.15. The van der Waals surface area contributed by atoms with E-state index in [1.54, 1.807) is 7.05 Å². The van der Waals surface area contributed by atoms with Gasteiger partial charge in [0, 0.05) is 25.8 Å². The van der Waals surface area contributed by atoms with Gasteiger partial charge >= 0.3 is 0 Å². The third kappa shape index (κ3) is 3.29. The van der Waals surface area contributed by atoms with Crippen molar-refractivity contribution in [1.29, 1.82) is 0 Å². The first kappa shape index (κ1) is 14.4. The van der Waals surface area contributed by atoms with E-state index >= 15 is 0 Å². The first-order chi connectivity index (χ1) is 9.76. The quantitative estimate of drug-likeness (QED) is 0.640. The zero-order valence-corrected chi connectivity index (χ0v) is 12.1. The fourth-order valence-corrected chi connectivity index (χ4v) is 2.32. The first-order valence-electron chi connectivity index (χ1n) is 7.09. The van der Waals surface area contributed by atoms with Gasteiger partial charge in [-0.15, -0.1) is 0 Å². The Kier molecular flexibility index (Phi) is 4.98. The van der Waals surface area contributed by atoms with Gasteiger partial charge in [0.05, 0.1) is 6.54 Å². The Morgan fingerprint density at radius 1 is 1.35 bits per heavy atom. The van der Waals surface area contributed by atoms with Crippen molar-refractivity contribution in [2.75, 3.05) is 31.6 Å². The van der Waals surface area contributed by atoms with Gasteiger partial charge in [0.2, 0.25) is 5.91 Å². The lowest BCUT2D eigenvalue weighted by Gasteiger charge is -2.18. The van der Waals surface area contributed by atoms with Gasteiger partial charge in [-0.25, -0.2) is 0 Å². The Bertz CT molecular complexity index is 498. The maximum absolute atomic E-state index is 12.3. The summed E-state index contributed by atoms with van der Waals surface area (Å²) in [5.74, 6) is 0.752. The molecule has 1 aromatic rings. The minimum atomic E-state index is 0.0781. The molecule has 0 radical (unpaired) electrons. The molecule has 0 unspecified atom stereocenters. The molecule has 0 spiro atoms. The van der Waals surface area contributed by atoms with Gasteiger partial charge in [-0.2, -0.15) is 0 Å². The highest BCUT2D eigenvalue weighted by molar-refractivity contribution is 5.98. The molecule has 1 amide bonds. The number of rotatable bonds is 4. The summed E-state index contributed by atoms with van der Waals surface area (Å²) in [5, 5.41) is 6.21. The summed E-state index contributed by atoms with van der Waals surface area (Å²) in [5.41, 5.74) is 2.28. The standard InChI is InChI=1S/C15H22N4O/c1-3-9-17-15(16-2)18-11-14(20)19-10-8-12-6-4-5-7-13(12)19/h4-7H,3,8-11H2,1-2H3,(H2,16,17,18). The zero-order valence-electron chi connectivity index (χ0n) is 12.1. The minimum absolute atomic E-state index is 0.0781. The van der Waals surface area contributed by atoms with Crippen LogP contribution in [0.4, 0.5) is 5.69 Å². The average molecular weight is 274 g/mol. The Morgan fingerprint density at radius 2 is 2.15 bits per heavy atom. The molecule has 0 saturated heterocycles. The SMILES string of the molecule is CCCNC(=NC)NCC(=O)N1CCc2ccccc21. The van der Waals surface area contributed by atoms with E-state index in [1.807, 2.05) is 23.1 Å². The number of nitrogens with one attached hydrogen (secondary N) is 2. The normalized spacial score (nSPS) is 14.1. The summed E-state index contributed by atoms with van der Waals surface area (Å²) in [4.78, 5) is 18.2. The highest BCUT2D eigenvalue weighted by Crippen LogP contribution is 2.27. The van der Waals surface area contributed by atoms with Gasteiger partial charge < -0.3 is 15.5 Å². The number of fused-ring (bicyclic) bond motifs is 1. The lowest BCUT2D eigenvalue weighted by atomic mass is 10.2. The smallest absolute Gasteiger partial charge is 0.246 e. The topological polar surface area (TPSA) is 56.7 Å². The Labute approximate surface area is 120 Å². The lowest BCUT2D eigenvalue weighted by molar-refractivity contribution is -0.117. The van der Waals surface area contributed by atoms with E-state index in [9.17, 15) is 4.79 Å². The number of benzene rings is 1. The molecular formula is C15H22N4O. The van der Waals surface area contributed by atoms with Crippen LogP contribution in [0.2, 0.25) is 0 Å². The van der Waals surface area contributed by atoms with Crippen LogP contribution in [-0.4, -0.2) is 38.5 Å². The maximum atomic E-state index is 12.3. The van der Waals surface area contributed by atoms with E-state index in [1.165, 1.54) is 5.56 Å². The number of carbonyl (C=O) groups is 1. The molecular weight excluding hydrogens is 252 g/mol. The van der Waals surface area contributed by atoms with Gasteiger partial charge in [-0.05, 0) is 24.5 Å². The van der Waals surface area contributed by atoms with Crippen molar-refractivity contribution in [2.24, 2.45) is 4.99 Å². The number of hydrogen-bond donors (Lipinski definition) is 2. The number of carbonyl (C=O) groups excluding carboxylic acids is 1. The molecule has 5 heteroatoms. The van der Waals surface area contributed by atoms with Crippen LogP contribution in [0.3, 0.4) is 0 Å². The van der Waals surface area contributed by atoms with E-state index in [0.717, 1.165) is 31.6 Å². The van der Waals surface area contributed by atoms with Gasteiger partial charge in [-0.3, -0.25) is 9.79 Å². The van der Waals surface area contributed by atoms with E-state index in [-0.39, 0.29) is 12.5 Å². The fourth-order valence-electron chi connectivity index (χ4n) is 2.32. The van der Waals surface area contributed by atoms with E-state index < -0.39 is 0 Å². The Balaban J connectivity index is 1.90. The summed E-state index contributed by atoms with van der Waals surface area (Å²) < 4.78 is 0. The second-order valence-electron chi connectivity index (χ2n) is 4.78. The van der Waals surface area contributed by atoms with Crippen molar-refractivity contribution in [1.82, 2.24) is 10.6 Å². The summed E-state index contributed by atoms with van der Waals surface area (Å²) >= 11 is 0. The van der Waals surface area contributed by atoms with Gasteiger partial charge in [0.1, 0.15) is 0 Å². The monoisotopic (exact) mass is 274 g/mol. The largest absolute Gasteiger partial charge is 0.356 e. The molecule has 0 aromatic heterocycles. The summed E-state index contributed by atoms with van der Waals surface area (Å²) in [7, 11) is 1.71. The third-order valence-corrected chi connectivity index (χ3v) is 3.36. The number of guanidine groups is 1. The van der Waals surface area contributed by atoms with Crippen molar-refractivity contribution >= 4 is 17.6 Å². The average Bonchev–Trinajstić information content (AvgIpc) is 2.91. The molecule has 0 saturated carbocycles. The number of para-hydroxylation sites is 1. The highest BCUT2D eigenvalue weighted by Gasteiger charge is 2.23. The molecule has 1 aromatic carbocycles. The van der Waals surface area contributed by atoms with Gasteiger partial charge in [0.15, 0.2) is 5.96 Å². The molecule has 20 heavy (non-hydrogen) atoms. The molecule has 0 atom stereocenters. The molecule has 2 rings (SSSR count). The van der Waals surface area contributed by atoms with Crippen molar-refractivity contribution in [3.63, 3.8) is 0 Å². The minimum Gasteiger partial charge on any atom is -0.356 e. The van der Waals surface area contributed by atoms with Crippen LogP contribution in [0.5, 0.6) is 0 Å². The van der Waals surface area contributed by atoms with Gasteiger partial charge in [-0.1, -0.05) is 25.1 Å². The maximum Gasteiger partial charge on any atom is 0.246 e. The second-order valence-corrected chi connectivity index (χ2v) is 4.78.